The van der Waals surface area contributed by atoms with E-state index in [-0.39, 0.29) is 59.8 Å². The minimum atomic E-state index is -3.77. The molecule has 214 valence electrons. The molecule has 0 aromatic carbocycles. The third-order valence-electron chi connectivity index (χ3n) is 7.85. The van der Waals surface area contributed by atoms with E-state index < -0.39 is 34.7 Å². The third kappa shape index (κ3) is 6.56. The molecular weight excluding hydrogens is 576 g/mol. The molecule has 6 nitrogen and oxygen atoms in total. The number of nitrogens with zero attached hydrogens (tertiary/aromatic N) is 2. The smallest absolute Gasteiger partial charge is 0.388 e. The summed E-state index contributed by atoms with van der Waals surface area (Å²) in [6.07, 6.45) is 1.20. The maximum absolute atomic E-state index is 13.6. The molecule has 3 atom stereocenters. The second-order valence-electron chi connectivity index (χ2n) is 11.0. The predicted octanol–water partition coefficient (Wildman–Crippen LogP) is 5.18. The normalized spacial score (nSPS) is 26.3. The summed E-state index contributed by atoms with van der Waals surface area (Å²) in [6, 6.07) is 1.43. The number of aromatic nitrogens is 2. The largest absolute Gasteiger partial charge is 0.415 e. The van der Waals surface area contributed by atoms with Gasteiger partial charge in [0.25, 0.3) is 0 Å². The van der Waals surface area contributed by atoms with E-state index in [1.165, 1.54) is 22.1 Å². The Morgan fingerprint density at radius 3 is 2.59 bits per heavy atom. The van der Waals surface area contributed by atoms with E-state index in [0.717, 1.165) is 16.9 Å². The number of thiophene rings is 1. The van der Waals surface area contributed by atoms with Gasteiger partial charge in [-0.1, -0.05) is 12.2 Å². The van der Waals surface area contributed by atoms with Gasteiger partial charge in [-0.3, -0.25) is 9.48 Å². The summed E-state index contributed by atoms with van der Waals surface area (Å²) >= 11 is 6.95. The first-order valence-electron chi connectivity index (χ1n) is 13.1. The second-order valence-corrected chi connectivity index (χ2v) is 14.7. The number of carbonyl (C=O) groups is 1. The minimum Gasteiger partial charge on any atom is -0.415 e. The summed E-state index contributed by atoms with van der Waals surface area (Å²) in [5.74, 6) is -1.43. The average Bonchev–Trinajstić information content (AvgIpc) is 3.29. The standard InChI is InChI=1S/C26H30F4N2O4S3/c1-32-16(9-24(31-32)36-26(29)30)8-17(37)6-13-2-3-22-19(7-13)25(39(34,35)12-14-4-15(27)5-14)23(38-22)11-21(33)18-10-20(18)28/h9,13-15,18,20,26H,2-8,10-12H2,1H3/t13-,14?,15?,18+,20+/m1/s1. The highest BCUT2D eigenvalue weighted by Crippen LogP contribution is 2.44. The molecule has 2 saturated carbocycles. The number of thiocarbonyl (C=S) groups is 1. The van der Waals surface area contributed by atoms with Crippen LogP contribution in [0.5, 0.6) is 5.88 Å². The number of carbonyl (C=O) groups excluding carboxylic acids is 1. The number of rotatable bonds is 12. The first kappa shape index (κ1) is 28.7. The van der Waals surface area contributed by atoms with Gasteiger partial charge >= 0.3 is 6.61 Å². The van der Waals surface area contributed by atoms with Crippen LogP contribution in [0.2, 0.25) is 0 Å². The molecule has 2 heterocycles. The fourth-order valence-electron chi connectivity index (χ4n) is 5.70. The topological polar surface area (TPSA) is 78.3 Å². The average molecular weight is 607 g/mol. The lowest BCUT2D eigenvalue weighted by atomic mass is 9.84. The van der Waals surface area contributed by atoms with Gasteiger partial charge in [-0.2, -0.15) is 8.78 Å². The van der Waals surface area contributed by atoms with Crippen molar-refractivity contribution in [2.75, 3.05) is 5.75 Å². The highest BCUT2D eigenvalue weighted by atomic mass is 32.2. The highest BCUT2D eigenvalue weighted by molar-refractivity contribution is 7.91. The lowest BCUT2D eigenvalue weighted by molar-refractivity contribution is -0.119. The lowest BCUT2D eigenvalue weighted by Gasteiger charge is -2.29. The number of Topliss-reactive ketones (excluding diaryl/α,β-unsaturated/α-hetero) is 1. The Hall–Kier alpha value is -1.86. The SMILES string of the molecule is Cn1nc(OC(F)F)cc1CC(=S)C[C@H]1CCc2sc(CC(=O)[C@H]3C[C@@H]3F)c(S(=O)(=O)CC3CC(F)C3)c2C1. The summed E-state index contributed by atoms with van der Waals surface area (Å²) < 4.78 is 85.0. The molecule has 0 radical (unpaired) electrons. The van der Waals surface area contributed by atoms with Crippen LogP contribution in [0.25, 0.3) is 0 Å². The number of hydrogen-bond acceptors (Lipinski definition) is 7. The van der Waals surface area contributed by atoms with Gasteiger partial charge in [-0.05, 0) is 67.2 Å². The predicted molar refractivity (Wildman–Crippen MR) is 142 cm³/mol. The van der Waals surface area contributed by atoms with E-state index >= 15 is 0 Å². The van der Waals surface area contributed by atoms with Crippen LogP contribution in [0.3, 0.4) is 0 Å². The molecule has 0 N–H and O–H groups in total. The molecule has 0 unspecified atom stereocenters. The van der Waals surface area contributed by atoms with E-state index in [1.54, 1.807) is 7.05 Å². The Morgan fingerprint density at radius 1 is 1.23 bits per heavy atom. The van der Waals surface area contributed by atoms with Gasteiger partial charge < -0.3 is 4.74 Å². The summed E-state index contributed by atoms with van der Waals surface area (Å²) in [5.41, 5.74) is 1.35. The van der Waals surface area contributed by atoms with E-state index in [9.17, 15) is 30.8 Å². The third-order valence-corrected chi connectivity index (χ3v) is 11.6. The molecule has 13 heteroatoms. The Balaban J connectivity index is 1.32. The molecule has 0 bridgehead atoms. The maximum atomic E-state index is 13.6. The van der Waals surface area contributed by atoms with Gasteiger partial charge in [0.1, 0.15) is 18.1 Å². The Morgan fingerprint density at radius 2 is 1.95 bits per heavy atom. The van der Waals surface area contributed by atoms with Crippen LogP contribution in [0.4, 0.5) is 17.6 Å². The molecular formula is C26H30F4N2O4S3. The molecule has 0 spiro atoms. The molecule has 2 fully saturated rings. The first-order valence-corrected chi connectivity index (χ1v) is 15.9. The van der Waals surface area contributed by atoms with Crippen molar-refractivity contribution in [1.82, 2.24) is 9.78 Å². The molecule has 39 heavy (non-hydrogen) atoms. The Labute approximate surface area is 234 Å². The molecule has 3 aliphatic rings. The number of alkyl halides is 4. The van der Waals surface area contributed by atoms with Crippen LogP contribution in [0, 0.1) is 17.8 Å². The van der Waals surface area contributed by atoms with Crippen molar-refractivity contribution < 1.29 is 35.5 Å². The summed E-state index contributed by atoms with van der Waals surface area (Å²) in [5, 5.41) is 3.92. The molecule has 3 aliphatic carbocycles. The van der Waals surface area contributed by atoms with Gasteiger partial charge in [-0.25, -0.2) is 17.2 Å². The first-order chi connectivity index (χ1) is 18.4. The quantitative estimate of drug-likeness (QED) is 0.245. The van der Waals surface area contributed by atoms with Gasteiger partial charge in [0.05, 0.1) is 16.6 Å². The van der Waals surface area contributed by atoms with Crippen LogP contribution in [0.15, 0.2) is 11.0 Å². The number of aryl methyl sites for hydroxylation is 2. The van der Waals surface area contributed by atoms with Crippen LogP contribution in [-0.4, -0.2) is 53.6 Å². The molecule has 0 amide bonds. The summed E-state index contributed by atoms with van der Waals surface area (Å²) in [7, 11) is -2.15. The number of hydrogen-bond donors (Lipinski definition) is 0. The van der Waals surface area contributed by atoms with Crippen LogP contribution in [0.1, 0.15) is 53.1 Å². The number of fused-ring (bicyclic) bond motifs is 1. The molecule has 0 aliphatic heterocycles. The van der Waals surface area contributed by atoms with Crippen molar-refractivity contribution in [1.29, 1.82) is 0 Å². The van der Waals surface area contributed by atoms with Crippen molar-refractivity contribution in [2.24, 2.45) is 24.8 Å². The van der Waals surface area contributed by atoms with Crippen molar-refractivity contribution >= 4 is 44.0 Å². The van der Waals surface area contributed by atoms with Crippen LogP contribution in [-0.2, 0) is 47.4 Å². The zero-order chi connectivity index (χ0) is 28.1. The minimum absolute atomic E-state index is 0.0692. The molecule has 5 rings (SSSR count). The zero-order valence-corrected chi connectivity index (χ0v) is 23.8. The fraction of sp³-hybridized carbons (Fsp3) is 0.654. The maximum Gasteiger partial charge on any atom is 0.388 e. The van der Waals surface area contributed by atoms with Crippen molar-refractivity contribution in [2.45, 2.75) is 81.6 Å². The van der Waals surface area contributed by atoms with E-state index in [0.29, 0.717) is 41.1 Å². The number of ketones is 1. The summed E-state index contributed by atoms with van der Waals surface area (Å²) in [4.78, 5) is 14.9. The van der Waals surface area contributed by atoms with Crippen molar-refractivity contribution in [3.05, 3.63) is 27.1 Å². The van der Waals surface area contributed by atoms with E-state index in [2.05, 4.69) is 9.84 Å². The Bertz CT molecular complexity index is 1370. The van der Waals surface area contributed by atoms with Crippen molar-refractivity contribution in [3.8, 4) is 5.88 Å². The summed E-state index contributed by atoms with van der Waals surface area (Å²) in [6.45, 7) is -2.97. The lowest BCUT2D eigenvalue weighted by Crippen LogP contribution is -2.31. The van der Waals surface area contributed by atoms with Crippen LogP contribution < -0.4 is 4.74 Å². The molecule has 0 saturated heterocycles. The number of sulfone groups is 1. The Kier molecular flexibility index (Phi) is 8.23. The number of halogens is 4. The molecule has 2 aromatic rings. The van der Waals surface area contributed by atoms with Gasteiger partial charge in [-0.15, -0.1) is 16.4 Å². The van der Waals surface area contributed by atoms with Gasteiger partial charge in [0.2, 0.25) is 5.88 Å². The second kappa shape index (κ2) is 11.2. The highest BCUT2D eigenvalue weighted by Gasteiger charge is 2.44. The monoisotopic (exact) mass is 606 g/mol. The molecule has 2 aromatic heterocycles. The van der Waals surface area contributed by atoms with E-state index in [1.807, 2.05) is 0 Å². The van der Waals surface area contributed by atoms with E-state index in [4.69, 9.17) is 12.2 Å². The van der Waals surface area contributed by atoms with Gasteiger partial charge in [0, 0.05) is 41.4 Å². The fourth-order valence-corrected chi connectivity index (χ4v) is 9.97. The zero-order valence-electron chi connectivity index (χ0n) is 21.4. The van der Waals surface area contributed by atoms with Gasteiger partial charge in [0.15, 0.2) is 9.84 Å². The van der Waals surface area contributed by atoms with Crippen LogP contribution >= 0.6 is 23.6 Å². The van der Waals surface area contributed by atoms with Crippen molar-refractivity contribution in [3.63, 3.8) is 0 Å². The number of ether oxygens (including phenoxy) is 1.